The first-order chi connectivity index (χ1) is 30.6. The largest absolute Gasteiger partial charge is 0.489 e. The van der Waals surface area contributed by atoms with E-state index in [0.717, 1.165) is 46.9 Å². The van der Waals surface area contributed by atoms with E-state index in [2.05, 4.69) is 38.7 Å². The fourth-order valence-electron chi connectivity index (χ4n) is 7.40. The van der Waals surface area contributed by atoms with Gasteiger partial charge in [0.2, 0.25) is 0 Å². The highest BCUT2D eigenvalue weighted by molar-refractivity contribution is 9.10. The third-order valence-electron chi connectivity index (χ3n) is 10.6. The third-order valence-corrected chi connectivity index (χ3v) is 11.2. The van der Waals surface area contributed by atoms with Gasteiger partial charge in [-0.05, 0) is 70.2 Å². The molecule has 2 saturated heterocycles. The Morgan fingerprint density at radius 2 is 0.954 bits per heavy atom. The van der Waals surface area contributed by atoms with Gasteiger partial charge in [-0.1, -0.05) is 139 Å². The second-order valence-corrected chi connectivity index (χ2v) is 15.8. The van der Waals surface area contributed by atoms with Crippen LogP contribution in [-0.2, 0) is 12.4 Å². The summed E-state index contributed by atoms with van der Waals surface area (Å²) in [5.74, 6) is -0.0157. The van der Waals surface area contributed by atoms with E-state index in [9.17, 15) is 35.9 Å². The molecule has 2 fully saturated rings. The fourth-order valence-corrected chi connectivity index (χ4v) is 7.66. The van der Waals surface area contributed by atoms with Crippen LogP contribution in [-0.4, -0.2) is 78.0 Å². The number of nitrogens with zero attached hydrogens (tertiary/aromatic N) is 2. The molecule has 2 heterocycles. The number of halogens is 7. The molecule has 6 aromatic carbocycles. The summed E-state index contributed by atoms with van der Waals surface area (Å²) in [6, 6.07) is 44.2. The van der Waals surface area contributed by atoms with Crippen molar-refractivity contribution in [3.63, 3.8) is 0 Å². The maximum absolute atomic E-state index is 13.3. The lowest BCUT2D eigenvalue weighted by atomic mass is 9.77. The van der Waals surface area contributed by atoms with Gasteiger partial charge >= 0.3 is 19.5 Å². The van der Waals surface area contributed by atoms with Gasteiger partial charge < -0.3 is 30.5 Å². The van der Waals surface area contributed by atoms with E-state index in [4.69, 9.17) is 10.0 Å². The fraction of sp³-hybridized carbons (Fsp3) is 0.224. The van der Waals surface area contributed by atoms with Crippen molar-refractivity contribution in [1.82, 2.24) is 20.4 Å². The molecule has 0 saturated carbocycles. The summed E-state index contributed by atoms with van der Waals surface area (Å²) in [5, 5.41) is 24.1. The number of rotatable bonds is 6. The molecule has 0 spiro atoms. The summed E-state index contributed by atoms with van der Waals surface area (Å²) in [6.07, 6.45) is -8.99. The lowest BCUT2D eigenvalue weighted by Crippen LogP contribution is -2.48. The van der Waals surface area contributed by atoms with Gasteiger partial charge in [0, 0.05) is 67.0 Å². The number of alkyl halides is 6. The second kappa shape index (κ2) is 22.9. The lowest BCUT2D eigenvalue weighted by molar-refractivity contribution is -0.137. The van der Waals surface area contributed by atoms with Crippen molar-refractivity contribution >= 4 is 40.3 Å². The Kier molecular flexibility index (Phi) is 17.7. The molecule has 2 amide bonds. The average molecular weight is 962 g/mol. The Balaban J connectivity index is 0.000000197. The molecule has 8 rings (SSSR count). The maximum atomic E-state index is 13.3. The Morgan fingerprint density at radius 3 is 1.38 bits per heavy atom. The average Bonchev–Trinajstić information content (AvgIpc) is 3.32. The molecule has 6 aromatic rings. The molecule has 0 aliphatic carbocycles. The van der Waals surface area contributed by atoms with E-state index >= 15 is 0 Å². The number of piperazine rings is 2. The molecule has 340 valence electrons. The number of carbonyl (C=O) groups is 2. The monoisotopic (exact) mass is 960 g/mol. The molecule has 2 aliphatic heterocycles. The van der Waals surface area contributed by atoms with Gasteiger partial charge in [-0.15, -0.1) is 0 Å². The van der Waals surface area contributed by atoms with Crippen LogP contribution in [0.15, 0.2) is 162 Å². The van der Waals surface area contributed by atoms with Crippen molar-refractivity contribution in [2.75, 3.05) is 39.3 Å². The summed E-state index contributed by atoms with van der Waals surface area (Å²) in [4.78, 5) is 29.3. The van der Waals surface area contributed by atoms with Crippen LogP contribution in [0.2, 0.25) is 0 Å². The number of benzene rings is 6. The molecule has 2 unspecified atom stereocenters. The highest BCUT2D eigenvalue weighted by Crippen LogP contribution is 2.37. The molecule has 0 bridgehead atoms. The van der Waals surface area contributed by atoms with Crippen LogP contribution in [0.1, 0.15) is 62.5 Å². The predicted octanol–water partition coefficient (Wildman–Crippen LogP) is 9.42. The van der Waals surface area contributed by atoms with Crippen molar-refractivity contribution in [3.05, 3.63) is 196 Å². The number of nitrogens with one attached hydrogen (secondary N) is 2. The Hall–Kier alpha value is -5.78. The first kappa shape index (κ1) is 50.2. The van der Waals surface area contributed by atoms with Crippen LogP contribution in [0.25, 0.3) is 11.1 Å². The smallest absolute Gasteiger partial charge is 0.423 e. The van der Waals surface area contributed by atoms with Crippen LogP contribution >= 0.6 is 15.9 Å². The molecule has 0 radical (unpaired) electrons. The van der Waals surface area contributed by atoms with Crippen LogP contribution in [0.3, 0.4) is 0 Å². The van der Waals surface area contributed by atoms with Gasteiger partial charge in [0.05, 0.1) is 11.1 Å². The normalized spacial score (nSPS) is 16.1. The van der Waals surface area contributed by atoms with Crippen LogP contribution in [0.5, 0.6) is 0 Å². The standard InChI is InChI=1S/C24H21F3N2O.C17H17BrN2O.C7H6BF3O2.CH4/c25-24(26,27)21-9-5-4-8-20(21)17-10-12-19(13-11-17)23(30)29-15-14-28-22(16-29)18-6-2-1-3-7-18;18-15-8-6-14(7-9-15)17(21)20-11-10-19-16(12-20)13-4-2-1-3-5-13;9-7(10,11)5-3-1-2-4-6(5)8(12)13;/h1-13,22,28H,14-16H2;1-9,16,19H,10-12H2;1-4,12-13H;1H4. The number of amides is 2. The highest BCUT2D eigenvalue weighted by atomic mass is 79.9. The molecule has 0 aromatic heterocycles. The Labute approximate surface area is 383 Å². The number of hydrogen-bond acceptors (Lipinski definition) is 6. The first-order valence-electron chi connectivity index (χ1n) is 20.3. The maximum Gasteiger partial charge on any atom is 0.489 e. The van der Waals surface area contributed by atoms with Gasteiger partial charge in [0.25, 0.3) is 11.8 Å². The van der Waals surface area contributed by atoms with E-state index in [-0.39, 0.29) is 36.9 Å². The van der Waals surface area contributed by atoms with Crippen molar-refractivity contribution in [2.24, 2.45) is 0 Å². The zero-order valence-corrected chi connectivity index (χ0v) is 35.8. The minimum Gasteiger partial charge on any atom is -0.423 e. The van der Waals surface area contributed by atoms with E-state index in [1.54, 1.807) is 35.2 Å². The molecule has 65 heavy (non-hydrogen) atoms. The molecular formula is C49H48BBrF6N4O4. The number of carbonyl (C=O) groups excluding carboxylic acids is 2. The molecule has 2 atom stereocenters. The molecule has 16 heteroatoms. The molecule has 4 N–H and O–H groups in total. The van der Waals surface area contributed by atoms with E-state index in [1.807, 2.05) is 77.7 Å². The summed E-state index contributed by atoms with van der Waals surface area (Å²) >= 11 is 3.40. The Morgan fingerprint density at radius 1 is 0.554 bits per heavy atom. The van der Waals surface area contributed by atoms with Crippen molar-refractivity contribution in [1.29, 1.82) is 0 Å². The topological polar surface area (TPSA) is 105 Å². The summed E-state index contributed by atoms with van der Waals surface area (Å²) in [5.41, 5.74) is 1.86. The first-order valence-corrected chi connectivity index (χ1v) is 21.1. The number of hydrogen-bond donors (Lipinski definition) is 4. The van der Waals surface area contributed by atoms with E-state index in [1.165, 1.54) is 29.8 Å². The Bertz CT molecular complexity index is 2450. The van der Waals surface area contributed by atoms with Gasteiger partial charge in [-0.2, -0.15) is 26.3 Å². The predicted molar refractivity (Wildman–Crippen MR) is 245 cm³/mol. The summed E-state index contributed by atoms with van der Waals surface area (Å²) < 4.78 is 77.4. The zero-order valence-electron chi connectivity index (χ0n) is 34.2. The van der Waals surface area contributed by atoms with Gasteiger partial charge in [0.15, 0.2) is 0 Å². The SMILES string of the molecule is C.O=C(c1ccc(-c2ccccc2C(F)(F)F)cc1)N1CCNC(c2ccccc2)C1.O=C(c1ccc(Br)cc1)N1CCNC(c2ccccc2)C1.OB(O)c1ccccc1C(F)(F)F. The second-order valence-electron chi connectivity index (χ2n) is 14.9. The van der Waals surface area contributed by atoms with Crippen LogP contribution in [0, 0.1) is 0 Å². The van der Waals surface area contributed by atoms with Crippen LogP contribution < -0.4 is 16.1 Å². The van der Waals surface area contributed by atoms with Gasteiger partial charge in [-0.3, -0.25) is 9.59 Å². The molecule has 2 aliphatic rings. The summed E-state index contributed by atoms with van der Waals surface area (Å²) in [6.45, 7) is 4.09. The van der Waals surface area contributed by atoms with Gasteiger partial charge in [-0.25, -0.2) is 0 Å². The van der Waals surface area contributed by atoms with Crippen molar-refractivity contribution in [3.8, 4) is 11.1 Å². The highest BCUT2D eigenvalue weighted by Gasteiger charge is 2.36. The molecular weight excluding hydrogens is 913 g/mol. The quantitative estimate of drug-likeness (QED) is 0.0981. The van der Waals surface area contributed by atoms with Crippen LogP contribution in [0.4, 0.5) is 26.3 Å². The summed E-state index contributed by atoms with van der Waals surface area (Å²) in [7, 11) is -2.10. The van der Waals surface area contributed by atoms with Crippen molar-refractivity contribution < 1.29 is 46.0 Å². The van der Waals surface area contributed by atoms with Gasteiger partial charge in [0.1, 0.15) is 0 Å². The molecule has 8 nitrogen and oxygen atoms in total. The van der Waals surface area contributed by atoms with Crippen molar-refractivity contribution in [2.45, 2.75) is 31.9 Å². The minimum atomic E-state index is -4.56. The van der Waals surface area contributed by atoms with E-state index < -0.39 is 36.1 Å². The van der Waals surface area contributed by atoms with E-state index in [0.29, 0.717) is 37.3 Å². The minimum absolute atomic E-state index is 0. The third kappa shape index (κ3) is 13.6. The zero-order chi connectivity index (χ0) is 45.9. The lowest BCUT2D eigenvalue weighted by Gasteiger charge is -2.34.